The van der Waals surface area contributed by atoms with Crippen molar-refractivity contribution in [3.05, 3.63) is 66.0 Å². The number of nitrogens with zero attached hydrogens (tertiary/aromatic N) is 2. The Kier molecular flexibility index (Phi) is 9.21. The molecule has 1 aromatic carbocycles. The van der Waals surface area contributed by atoms with Crippen molar-refractivity contribution in [2.24, 2.45) is 4.99 Å². The number of aliphatic imine (C=N–C) groups is 1. The number of rotatable bonds is 6. The highest BCUT2D eigenvalue weighted by atomic mass is 127. The number of aromatic nitrogens is 1. The molecular formula is C17H23IN4. The zero-order chi connectivity index (χ0) is 14.8. The van der Waals surface area contributed by atoms with Gasteiger partial charge in [-0.1, -0.05) is 36.4 Å². The summed E-state index contributed by atoms with van der Waals surface area (Å²) >= 11 is 0. The smallest absolute Gasteiger partial charge is 0.191 e. The van der Waals surface area contributed by atoms with Gasteiger partial charge in [0.05, 0.1) is 6.54 Å². The fourth-order valence-electron chi connectivity index (χ4n) is 1.97. The third-order valence-corrected chi connectivity index (χ3v) is 3.04. The minimum absolute atomic E-state index is 0. The van der Waals surface area contributed by atoms with E-state index in [0.717, 1.165) is 25.5 Å². The molecule has 0 bridgehead atoms. The van der Waals surface area contributed by atoms with Crippen molar-refractivity contribution in [2.75, 3.05) is 13.1 Å². The molecule has 4 nitrogen and oxygen atoms in total. The van der Waals surface area contributed by atoms with Gasteiger partial charge in [-0.2, -0.15) is 0 Å². The maximum absolute atomic E-state index is 4.59. The monoisotopic (exact) mass is 410 g/mol. The first-order valence-corrected chi connectivity index (χ1v) is 7.33. The Bertz CT molecular complexity index is 543. The maximum Gasteiger partial charge on any atom is 0.191 e. The van der Waals surface area contributed by atoms with Crippen molar-refractivity contribution in [3.8, 4) is 0 Å². The SMILES string of the molecule is CCNC(=NCc1ccccc1)NCCc1cccnc1.I. The zero-order valence-corrected chi connectivity index (χ0v) is 15.2. The van der Waals surface area contributed by atoms with E-state index in [1.807, 2.05) is 30.5 Å². The molecule has 1 aromatic heterocycles. The van der Waals surface area contributed by atoms with Gasteiger partial charge in [-0.25, -0.2) is 4.99 Å². The average Bonchev–Trinajstić information content (AvgIpc) is 2.54. The predicted molar refractivity (Wildman–Crippen MR) is 103 cm³/mol. The van der Waals surface area contributed by atoms with E-state index in [0.29, 0.717) is 6.54 Å². The van der Waals surface area contributed by atoms with Crippen molar-refractivity contribution in [1.29, 1.82) is 0 Å². The number of halogens is 1. The topological polar surface area (TPSA) is 49.3 Å². The molecule has 118 valence electrons. The second-order valence-electron chi connectivity index (χ2n) is 4.72. The third-order valence-electron chi connectivity index (χ3n) is 3.04. The van der Waals surface area contributed by atoms with E-state index in [2.05, 4.69) is 45.7 Å². The lowest BCUT2D eigenvalue weighted by Crippen LogP contribution is -2.38. The second-order valence-corrected chi connectivity index (χ2v) is 4.72. The van der Waals surface area contributed by atoms with Gasteiger partial charge in [0.25, 0.3) is 0 Å². The normalized spacial score (nSPS) is 10.7. The van der Waals surface area contributed by atoms with Gasteiger partial charge in [0.15, 0.2) is 5.96 Å². The van der Waals surface area contributed by atoms with Crippen LogP contribution in [0.3, 0.4) is 0 Å². The molecule has 5 heteroatoms. The van der Waals surface area contributed by atoms with Gasteiger partial charge in [-0.15, -0.1) is 24.0 Å². The molecule has 0 aliphatic carbocycles. The van der Waals surface area contributed by atoms with Gasteiger partial charge >= 0.3 is 0 Å². The van der Waals surface area contributed by atoms with Crippen molar-refractivity contribution >= 4 is 29.9 Å². The summed E-state index contributed by atoms with van der Waals surface area (Å²) in [5.74, 6) is 0.852. The highest BCUT2D eigenvalue weighted by Gasteiger charge is 1.98. The van der Waals surface area contributed by atoms with Crippen LogP contribution in [-0.4, -0.2) is 24.0 Å². The summed E-state index contributed by atoms with van der Waals surface area (Å²) in [5, 5.41) is 6.61. The van der Waals surface area contributed by atoms with Crippen LogP contribution in [0.15, 0.2) is 59.9 Å². The molecular weight excluding hydrogens is 387 g/mol. The number of hydrogen-bond donors (Lipinski definition) is 2. The molecule has 2 rings (SSSR count). The molecule has 0 aliphatic heterocycles. The molecule has 0 atom stereocenters. The second kappa shape index (κ2) is 11.0. The van der Waals surface area contributed by atoms with E-state index < -0.39 is 0 Å². The number of benzene rings is 1. The minimum atomic E-state index is 0. The first-order valence-electron chi connectivity index (χ1n) is 7.33. The van der Waals surface area contributed by atoms with Crippen LogP contribution < -0.4 is 10.6 Å². The molecule has 2 N–H and O–H groups in total. The lowest BCUT2D eigenvalue weighted by Gasteiger charge is -2.11. The quantitative estimate of drug-likeness (QED) is 0.438. The molecule has 0 aliphatic rings. The molecule has 0 spiro atoms. The Labute approximate surface area is 149 Å². The van der Waals surface area contributed by atoms with Crippen LogP contribution in [0.2, 0.25) is 0 Å². The van der Waals surface area contributed by atoms with Crippen LogP contribution in [0.4, 0.5) is 0 Å². The van der Waals surface area contributed by atoms with E-state index in [-0.39, 0.29) is 24.0 Å². The Morgan fingerprint density at radius 1 is 1.05 bits per heavy atom. The van der Waals surface area contributed by atoms with Crippen LogP contribution in [0.1, 0.15) is 18.1 Å². The molecule has 0 radical (unpaired) electrons. The Morgan fingerprint density at radius 2 is 1.82 bits per heavy atom. The molecule has 0 fully saturated rings. The lowest BCUT2D eigenvalue weighted by molar-refractivity contribution is 0.798. The van der Waals surface area contributed by atoms with Gasteiger partial charge in [0, 0.05) is 25.5 Å². The van der Waals surface area contributed by atoms with Crippen molar-refractivity contribution < 1.29 is 0 Å². The van der Waals surface area contributed by atoms with E-state index in [1.165, 1.54) is 11.1 Å². The van der Waals surface area contributed by atoms with Gasteiger partial charge in [-0.05, 0) is 30.5 Å². The Balaban J connectivity index is 0.00000242. The summed E-state index contributed by atoms with van der Waals surface area (Å²) in [6.07, 6.45) is 4.63. The highest BCUT2D eigenvalue weighted by molar-refractivity contribution is 14.0. The number of guanidine groups is 1. The van der Waals surface area contributed by atoms with E-state index in [1.54, 1.807) is 6.20 Å². The van der Waals surface area contributed by atoms with E-state index in [4.69, 9.17) is 0 Å². The van der Waals surface area contributed by atoms with Crippen LogP contribution in [0, 0.1) is 0 Å². The molecule has 0 saturated carbocycles. The number of pyridine rings is 1. The van der Waals surface area contributed by atoms with E-state index >= 15 is 0 Å². The highest BCUT2D eigenvalue weighted by Crippen LogP contribution is 2.00. The molecule has 1 heterocycles. The molecule has 22 heavy (non-hydrogen) atoms. The first-order chi connectivity index (χ1) is 10.4. The molecule has 0 amide bonds. The number of nitrogens with one attached hydrogen (secondary N) is 2. The van der Waals surface area contributed by atoms with Crippen molar-refractivity contribution in [1.82, 2.24) is 15.6 Å². The Hall–Kier alpha value is -1.63. The first kappa shape index (κ1) is 18.4. The molecule has 0 unspecified atom stereocenters. The fraction of sp³-hybridized carbons (Fsp3) is 0.294. The van der Waals surface area contributed by atoms with Crippen LogP contribution in [0.5, 0.6) is 0 Å². The minimum Gasteiger partial charge on any atom is -0.357 e. The van der Waals surface area contributed by atoms with Crippen LogP contribution in [0.25, 0.3) is 0 Å². The summed E-state index contributed by atoms with van der Waals surface area (Å²) < 4.78 is 0. The van der Waals surface area contributed by atoms with E-state index in [9.17, 15) is 0 Å². The summed E-state index contributed by atoms with van der Waals surface area (Å²) in [4.78, 5) is 8.71. The van der Waals surface area contributed by atoms with Crippen LogP contribution >= 0.6 is 24.0 Å². The van der Waals surface area contributed by atoms with Crippen LogP contribution in [-0.2, 0) is 13.0 Å². The van der Waals surface area contributed by atoms with Gasteiger partial charge in [0.1, 0.15) is 0 Å². The standard InChI is InChI=1S/C17H22N4.HI/c1-2-19-17(21-14-15-7-4-3-5-8-15)20-12-10-16-9-6-11-18-13-16;/h3-9,11,13H,2,10,12,14H2,1H3,(H2,19,20,21);1H. The Morgan fingerprint density at radius 3 is 2.50 bits per heavy atom. The lowest BCUT2D eigenvalue weighted by atomic mass is 10.2. The zero-order valence-electron chi connectivity index (χ0n) is 12.8. The maximum atomic E-state index is 4.59. The van der Waals surface area contributed by atoms with Crippen molar-refractivity contribution in [3.63, 3.8) is 0 Å². The summed E-state index contributed by atoms with van der Waals surface area (Å²) in [7, 11) is 0. The third kappa shape index (κ3) is 6.89. The fourth-order valence-corrected chi connectivity index (χ4v) is 1.97. The predicted octanol–water partition coefficient (Wildman–Crippen LogP) is 3.00. The summed E-state index contributed by atoms with van der Waals surface area (Å²) in [6, 6.07) is 14.3. The van der Waals surface area contributed by atoms with Gasteiger partial charge in [-0.3, -0.25) is 4.98 Å². The van der Waals surface area contributed by atoms with Crippen molar-refractivity contribution in [2.45, 2.75) is 19.9 Å². The number of hydrogen-bond acceptors (Lipinski definition) is 2. The summed E-state index contributed by atoms with van der Waals surface area (Å²) in [6.45, 7) is 4.45. The van der Waals surface area contributed by atoms with Gasteiger partial charge < -0.3 is 10.6 Å². The van der Waals surface area contributed by atoms with Gasteiger partial charge in [0.2, 0.25) is 0 Å². The molecule has 2 aromatic rings. The average molecular weight is 410 g/mol. The molecule has 0 saturated heterocycles. The summed E-state index contributed by atoms with van der Waals surface area (Å²) in [5.41, 5.74) is 2.44. The largest absolute Gasteiger partial charge is 0.357 e.